The number of thiophene rings is 1. The smallest absolute Gasteiger partial charge is 0.337 e. The normalized spacial score (nSPS) is 17.1. The highest BCUT2D eigenvalue weighted by Gasteiger charge is 2.22. The first-order chi connectivity index (χ1) is 10.2. The lowest BCUT2D eigenvalue weighted by Crippen LogP contribution is -2.15. The van der Waals surface area contributed by atoms with Crippen molar-refractivity contribution in [3.63, 3.8) is 0 Å². The molecule has 21 heavy (non-hydrogen) atoms. The number of nitrogens with one attached hydrogen (secondary N) is 1. The van der Waals surface area contributed by atoms with Crippen molar-refractivity contribution in [2.75, 3.05) is 12.4 Å². The number of anilines is 1. The largest absolute Gasteiger partial charge is 0.465 e. The summed E-state index contributed by atoms with van der Waals surface area (Å²) in [5.74, 6) is -0.297. The van der Waals surface area contributed by atoms with Gasteiger partial charge in [-0.15, -0.1) is 11.3 Å². The van der Waals surface area contributed by atoms with Crippen molar-refractivity contribution >= 4 is 45.6 Å². The molecule has 1 aliphatic rings. The number of hydrogen-bond donors (Lipinski definition) is 1. The predicted octanol–water partition coefficient (Wildman–Crippen LogP) is 4.63. The van der Waals surface area contributed by atoms with Gasteiger partial charge in [-0.05, 0) is 77.7 Å². The minimum Gasteiger partial charge on any atom is -0.465 e. The molecule has 0 spiro atoms. The van der Waals surface area contributed by atoms with Gasteiger partial charge in [0.15, 0.2) is 0 Å². The zero-order valence-corrected chi connectivity index (χ0v) is 14.7. The SMILES string of the molecule is COC(=O)c1ccc(NC2CCCc3sc(I)cc32)cc1. The van der Waals surface area contributed by atoms with Crippen molar-refractivity contribution in [3.05, 3.63) is 49.2 Å². The first kappa shape index (κ1) is 14.8. The van der Waals surface area contributed by atoms with Crippen molar-refractivity contribution in [2.24, 2.45) is 0 Å². The van der Waals surface area contributed by atoms with Crippen molar-refractivity contribution < 1.29 is 9.53 Å². The molecule has 1 aliphatic carbocycles. The number of hydrogen-bond acceptors (Lipinski definition) is 4. The molecule has 0 bridgehead atoms. The third kappa shape index (κ3) is 3.23. The fourth-order valence-electron chi connectivity index (χ4n) is 2.69. The van der Waals surface area contributed by atoms with Gasteiger partial charge in [0.1, 0.15) is 0 Å². The summed E-state index contributed by atoms with van der Waals surface area (Å²) in [5.41, 5.74) is 3.06. The van der Waals surface area contributed by atoms with Gasteiger partial charge in [-0.25, -0.2) is 4.79 Å². The van der Waals surface area contributed by atoms with Crippen LogP contribution in [0.25, 0.3) is 0 Å². The molecular formula is C16H16INO2S. The fourth-order valence-corrected chi connectivity index (χ4v) is 4.81. The molecule has 0 fully saturated rings. The zero-order valence-electron chi connectivity index (χ0n) is 11.7. The molecule has 2 aromatic rings. The maximum Gasteiger partial charge on any atom is 0.337 e. The molecule has 110 valence electrons. The Morgan fingerprint density at radius 1 is 1.38 bits per heavy atom. The van der Waals surface area contributed by atoms with Crippen LogP contribution in [0.3, 0.4) is 0 Å². The quantitative estimate of drug-likeness (QED) is 0.589. The molecule has 1 N–H and O–H groups in total. The van der Waals surface area contributed by atoms with Crippen LogP contribution in [0.5, 0.6) is 0 Å². The molecule has 1 aromatic heterocycles. The monoisotopic (exact) mass is 413 g/mol. The molecule has 3 rings (SSSR count). The van der Waals surface area contributed by atoms with E-state index in [-0.39, 0.29) is 5.97 Å². The minimum absolute atomic E-state index is 0.297. The summed E-state index contributed by atoms with van der Waals surface area (Å²) in [7, 11) is 1.40. The van der Waals surface area contributed by atoms with Crippen LogP contribution in [0.1, 0.15) is 39.7 Å². The van der Waals surface area contributed by atoms with Crippen LogP contribution in [0.4, 0.5) is 5.69 Å². The number of methoxy groups -OCH3 is 1. The summed E-state index contributed by atoms with van der Waals surface area (Å²) in [6.07, 6.45) is 3.57. The number of esters is 1. The zero-order chi connectivity index (χ0) is 14.8. The lowest BCUT2D eigenvalue weighted by Gasteiger charge is -2.24. The van der Waals surface area contributed by atoms with Crippen LogP contribution in [0.2, 0.25) is 0 Å². The van der Waals surface area contributed by atoms with Gasteiger partial charge in [0.25, 0.3) is 0 Å². The third-order valence-electron chi connectivity index (χ3n) is 3.73. The first-order valence-corrected chi connectivity index (χ1v) is 8.80. The van der Waals surface area contributed by atoms with Crippen LogP contribution in [0, 0.1) is 2.88 Å². The van der Waals surface area contributed by atoms with Crippen molar-refractivity contribution in [1.29, 1.82) is 0 Å². The Labute approximate surface area is 141 Å². The highest BCUT2D eigenvalue weighted by atomic mass is 127. The molecule has 0 aliphatic heterocycles. The third-order valence-corrected chi connectivity index (χ3v) is 5.70. The Kier molecular flexibility index (Phi) is 4.49. The van der Waals surface area contributed by atoms with Gasteiger partial charge in [-0.2, -0.15) is 0 Å². The average molecular weight is 413 g/mol. The van der Waals surface area contributed by atoms with Gasteiger partial charge in [0, 0.05) is 10.6 Å². The van der Waals surface area contributed by atoms with E-state index < -0.39 is 0 Å². The molecular weight excluding hydrogens is 397 g/mol. The fraction of sp³-hybridized carbons (Fsp3) is 0.312. The van der Waals surface area contributed by atoms with Crippen molar-refractivity contribution in [1.82, 2.24) is 0 Å². The molecule has 5 heteroatoms. The van der Waals surface area contributed by atoms with Gasteiger partial charge >= 0.3 is 5.97 Å². The van der Waals surface area contributed by atoms with E-state index in [9.17, 15) is 4.79 Å². The number of benzene rings is 1. The Balaban J connectivity index is 1.77. The van der Waals surface area contributed by atoms with E-state index in [1.807, 2.05) is 23.5 Å². The Morgan fingerprint density at radius 2 is 2.14 bits per heavy atom. The van der Waals surface area contributed by atoms with Gasteiger partial charge in [0.2, 0.25) is 0 Å². The van der Waals surface area contributed by atoms with Crippen LogP contribution in [0.15, 0.2) is 30.3 Å². The standard InChI is InChI=1S/C16H16INO2S/c1-20-16(19)10-5-7-11(8-6-10)18-13-3-2-4-14-12(13)9-15(17)21-14/h5-9,13,18H,2-4H2,1H3. The maximum absolute atomic E-state index is 11.4. The number of aryl methyl sites for hydroxylation is 1. The van der Waals surface area contributed by atoms with Gasteiger partial charge < -0.3 is 10.1 Å². The summed E-state index contributed by atoms with van der Waals surface area (Å²) < 4.78 is 6.07. The van der Waals surface area contributed by atoms with Crippen molar-refractivity contribution in [3.8, 4) is 0 Å². The first-order valence-electron chi connectivity index (χ1n) is 6.90. The van der Waals surface area contributed by atoms with E-state index in [0.717, 1.165) is 12.1 Å². The number of carbonyl (C=O) groups excluding carboxylic acids is 1. The van der Waals surface area contributed by atoms with Gasteiger partial charge in [-0.1, -0.05) is 0 Å². The predicted molar refractivity (Wildman–Crippen MR) is 94.1 cm³/mol. The summed E-state index contributed by atoms with van der Waals surface area (Å²) >= 11 is 4.30. The van der Waals surface area contributed by atoms with Crippen LogP contribution in [-0.2, 0) is 11.2 Å². The second-order valence-corrected chi connectivity index (χ2v) is 8.12. The lowest BCUT2D eigenvalue weighted by atomic mass is 9.94. The number of fused-ring (bicyclic) bond motifs is 1. The van der Waals surface area contributed by atoms with E-state index in [2.05, 4.69) is 34.0 Å². The minimum atomic E-state index is -0.297. The molecule has 1 unspecified atom stereocenters. The molecule has 1 aromatic carbocycles. The molecule has 1 heterocycles. The van der Waals surface area contributed by atoms with Crippen LogP contribution < -0.4 is 5.32 Å². The highest BCUT2D eigenvalue weighted by molar-refractivity contribution is 14.1. The molecule has 0 saturated carbocycles. The van der Waals surface area contributed by atoms with E-state index in [1.165, 1.54) is 33.3 Å². The molecule has 3 nitrogen and oxygen atoms in total. The van der Waals surface area contributed by atoms with E-state index in [0.29, 0.717) is 11.6 Å². The average Bonchev–Trinajstić information content (AvgIpc) is 2.88. The number of ether oxygens (including phenoxy) is 1. The summed E-state index contributed by atoms with van der Waals surface area (Å²) in [4.78, 5) is 12.9. The topological polar surface area (TPSA) is 38.3 Å². The van der Waals surface area contributed by atoms with E-state index in [4.69, 9.17) is 4.74 Å². The van der Waals surface area contributed by atoms with Crippen LogP contribution >= 0.6 is 33.9 Å². The Bertz CT molecular complexity index is 651. The summed E-state index contributed by atoms with van der Waals surface area (Å²) in [6, 6.07) is 10.2. The molecule has 0 radical (unpaired) electrons. The molecule has 0 amide bonds. The van der Waals surface area contributed by atoms with E-state index in [1.54, 1.807) is 12.1 Å². The summed E-state index contributed by atoms with van der Waals surface area (Å²) in [6.45, 7) is 0. The van der Waals surface area contributed by atoms with E-state index >= 15 is 0 Å². The molecule has 1 atom stereocenters. The van der Waals surface area contributed by atoms with Crippen LogP contribution in [-0.4, -0.2) is 13.1 Å². The Morgan fingerprint density at radius 3 is 2.86 bits per heavy atom. The Hall–Kier alpha value is -1.08. The second-order valence-electron chi connectivity index (χ2n) is 5.09. The van der Waals surface area contributed by atoms with Gasteiger partial charge in [-0.3, -0.25) is 0 Å². The highest BCUT2D eigenvalue weighted by Crippen LogP contribution is 2.38. The van der Waals surface area contributed by atoms with Crippen molar-refractivity contribution in [2.45, 2.75) is 25.3 Å². The maximum atomic E-state index is 11.4. The van der Waals surface area contributed by atoms with Gasteiger partial charge in [0.05, 0.1) is 21.6 Å². The lowest BCUT2D eigenvalue weighted by molar-refractivity contribution is 0.0601. The second kappa shape index (κ2) is 6.36. The summed E-state index contributed by atoms with van der Waals surface area (Å²) in [5, 5.41) is 3.59. The number of carbonyl (C=O) groups is 1. The number of halogens is 1. The molecule has 0 saturated heterocycles. The number of rotatable bonds is 3.